The molecule has 24 heavy (non-hydrogen) atoms. The molecule has 130 valence electrons. The number of nitrogens with zero attached hydrogens (tertiary/aromatic N) is 1. The van der Waals surface area contributed by atoms with Crippen molar-refractivity contribution in [2.45, 2.75) is 32.1 Å². The summed E-state index contributed by atoms with van der Waals surface area (Å²) in [5.74, 6) is -1.26. The van der Waals surface area contributed by atoms with Crippen LogP contribution in [-0.2, 0) is 19.8 Å². The molecule has 1 aliphatic rings. The average molecular weight is 332 g/mol. The van der Waals surface area contributed by atoms with Crippen LogP contribution in [0.1, 0.15) is 32.3 Å². The van der Waals surface area contributed by atoms with Crippen molar-refractivity contribution in [3.63, 3.8) is 0 Å². The molecule has 1 saturated heterocycles. The summed E-state index contributed by atoms with van der Waals surface area (Å²) in [7, 11) is 0. The van der Waals surface area contributed by atoms with Crippen LogP contribution in [0.15, 0.2) is 30.3 Å². The molecule has 1 aliphatic heterocycles. The SMILES string of the molecule is CC(=O)N1CCC(C(=O)NCC(C)(C(=O)O)c2ccccc2)CC1. The monoisotopic (exact) mass is 332 g/mol. The number of amides is 2. The first-order chi connectivity index (χ1) is 11.3. The summed E-state index contributed by atoms with van der Waals surface area (Å²) in [4.78, 5) is 37.2. The first-order valence-electron chi connectivity index (χ1n) is 8.17. The molecule has 0 saturated carbocycles. The maximum Gasteiger partial charge on any atom is 0.315 e. The third-order valence-electron chi connectivity index (χ3n) is 4.81. The van der Waals surface area contributed by atoms with Gasteiger partial charge in [0.05, 0.1) is 0 Å². The smallest absolute Gasteiger partial charge is 0.315 e. The second kappa shape index (κ2) is 7.47. The lowest BCUT2D eigenvalue weighted by Gasteiger charge is -2.32. The zero-order valence-corrected chi connectivity index (χ0v) is 14.1. The maximum atomic E-state index is 12.4. The molecule has 1 atom stereocenters. The number of piperidine rings is 1. The number of carboxylic acid groups (broad SMARTS) is 1. The minimum atomic E-state index is -1.17. The Labute approximate surface area is 141 Å². The molecule has 1 fully saturated rings. The number of aliphatic carboxylic acids is 1. The Morgan fingerprint density at radius 1 is 1.21 bits per heavy atom. The predicted octanol–water partition coefficient (Wildman–Crippen LogP) is 1.40. The van der Waals surface area contributed by atoms with E-state index in [9.17, 15) is 19.5 Å². The minimum absolute atomic E-state index is 0.0244. The fourth-order valence-electron chi connectivity index (χ4n) is 2.97. The molecule has 2 N–H and O–H groups in total. The first-order valence-corrected chi connectivity index (χ1v) is 8.17. The van der Waals surface area contributed by atoms with Crippen molar-refractivity contribution >= 4 is 17.8 Å². The lowest BCUT2D eigenvalue weighted by molar-refractivity contribution is -0.143. The van der Waals surface area contributed by atoms with Crippen molar-refractivity contribution in [2.24, 2.45) is 5.92 Å². The standard InChI is InChI=1S/C18H24N2O4/c1-13(21)20-10-8-14(9-11-20)16(22)19-12-18(2,17(23)24)15-6-4-3-5-7-15/h3-7,14H,8-12H2,1-2H3,(H,19,22)(H,23,24). The quantitative estimate of drug-likeness (QED) is 0.853. The van der Waals surface area contributed by atoms with Crippen LogP contribution in [0.5, 0.6) is 0 Å². The fraction of sp³-hybridized carbons (Fsp3) is 0.500. The third kappa shape index (κ3) is 3.93. The van der Waals surface area contributed by atoms with Gasteiger partial charge in [0.2, 0.25) is 11.8 Å². The Hall–Kier alpha value is -2.37. The normalized spacial score (nSPS) is 17.8. The van der Waals surface area contributed by atoms with Gasteiger partial charge >= 0.3 is 5.97 Å². The Morgan fingerprint density at radius 3 is 2.29 bits per heavy atom. The van der Waals surface area contributed by atoms with Crippen molar-refractivity contribution in [3.05, 3.63) is 35.9 Å². The number of nitrogens with one attached hydrogen (secondary N) is 1. The van der Waals surface area contributed by atoms with E-state index in [1.165, 1.54) is 6.92 Å². The summed E-state index contributed by atoms with van der Waals surface area (Å²) >= 11 is 0. The van der Waals surface area contributed by atoms with Crippen LogP contribution in [0.25, 0.3) is 0 Å². The Kier molecular flexibility index (Phi) is 5.59. The molecular formula is C18H24N2O4. The van der Waals surface area contributed by atoms with Gasteiger partial charge in [-0.05, 0) is 25.3 Å². The van der Waals surface area contributed by atoms with E-state index in [2.05, 4.69) is 5.32 Å². The van der Waals surface area contributed by atoms with Gasteiger partial charge in [0.15, 0.2) is 0 Å². The van der Waals surface area contributed by atoms with E-state index < -0.39 is 11.4 Å². The number of benzene rings is 1. The highest BCUT2D eigenvalue weighted by atomic mass is 16.4. The van der Waals surface area contributed by atoms with Crippen molar-refractivity contribution in [1.29, 1.82) is 0 Å². The topological polar surface area (TPSA) is 86.7 Å². The average Bonchev–Trinajstić information content (AvgIpc) is 2.60. The molecule has 1 heterocycles. The molecule has 6 heteroatoms. The lowest BCUT2D eigenvalue weighted by Crippen LogP contribution is -2.48. The molecular weight excluding hydrogens is 308 g/mol. The number of hydrogen-bond donors (Lipinski definition) is 2. The number of hydrogen-bond acceptors (Lipinski definition) is 3. The van der Waals surface area contributed by atoms with Crippen LogP contribution < -0.4 is 5.32 Å². The highest BCUT2D eigenvalue weighted by molar-refractivity contribution is 5.84. The van der Waals surface area contributed by atoms with Crippen LogP contribution in [0.2, 0.25) is 0 Å². The molecule has 1 aromatic rings. The van der Waals surface area contributed by atoms with Crippen molar-refractivity contribution < 1.29 is 19.5 Å². The van der Waals surface area contributed by atoms with Gasteiger partial charge in [-0.3, -0.25) is 14.4 Å². The van der Waals surface area contributed by atoms with Crippen molar-refractivity contribution in [2.75, 3.05) is 19.6 Å². The molecule has 2 rings (SSSR count). The van der Waals surface area contributed by atoms with E-state index in [1.54, 1.807) is 36.1 Å². The summed E-state index contributed by atoms with van der Waals surface area (Å²) in [6, 6.07) is 8.91. The maximum absolute atomic E-state index is 12.4. The van der Waals surface area contributed by atoms with Crippen molar-refractivity contribution in [3.8, 4) is 0 Å². The zero-order chi connectivity index (χ0) is 17.7. The van der Waals surface area contributed by atoms with Gasteiger partial charge in [-0.1, -0.05) is 30.3 Å². The number of carbonyl (C=O) groups excluding carboxylic acids is 2. The Balaban J connectivity index is 1.97. The molecule has 6 nitrogen and oxygen atoms in total. The summed E-state index contributed by atoms with van der Waals surface area (Å²) in [6.45, 7) is 4.32. The molecule has 2 amide bonds. The van der Waals surface area contributed by atoms with E-state index in [4.69, 9.17) is 0 Å². The molecule has 0 aromatic heterocycles. The van der Waals surface area contributed by atoms with Crippen LogP contribution in [-0.4, -0.2) is 47.4 Å². The number of carboxylic acids is 1. The first kappa shape index (κ1) is 18.0. The number of rotatable bonds is 5. The van der Waals surface area contributed by atoms with Gasteiger partial charge in [-0.2, -0.15) is 0 Å². The number of likely N-dealkylation sites (tertiary alicyclic amines) is 1. The van der Waals surface area contributed by atoms with E-state index in [1.807, 2.05) is 6.07 Å². The highest BCUT2D eigenvalue weighted by Crippen LogP contribution is 2.24. The Bertz CT molecular complexity index is 609. The van der Waals surface area contributed by atoms with Gasteiger partial charge < -0.3 is 15.3 Å². The molecule has 1 unspecified atom stereocenters. The van der Waals surface area contributed by atoms with Gasteiger partial charge in [0.25, 0.3) is 0 Å². The third-order valence-corrected chi connectivity index (χ3v) is 4.81. The van der Waals surface area contributed by atoms with Gasteiger partial charge in [0, 0.05) is 32.5 Å². The van der Waals surface area contributed by atoms with Crippen LogP contribution in [0, 0.1) is 5.92 Å². The number of carbonyl (C=O) groups is 3. The fourth-order valence-corrected chi connectivity index (χ4v) is 2.97. The minimum Gasteiger partial charge on any atom is -0.481 e. The van der Waals surface area contributed by atoms with Crippen LogP contribution in [0.3, 0.4) is 0 Å². The van der Waals surface area contributed by atoms with Crippen LogP contribution >= 0.6 is 0 Å². The lowest BCUT2D eigenvalue weighted by atomic mass is 9.82. The van der Waals surface area contributed by atoms with Gasteiger partial charge in [-0.15, -0.1) is 0 Å². The zero-order valence-electron chi connectivity index (χ0n) is 14.1. The Morgan fingerprint density at radius 2 is 1.79 bits per heavy atom. The van der Waals surface area contributed by atoms with E-state index in [-0.39, 0.29) is 24.3 Å². The molecule has 0 spiro atoms. The van der Waals surface area contributed by atoms with Gasteiger partial charge in [0.1, 0.15) is 5.41 Å². The largest absolute Gasteiger partial charge is 0.481 e. The van der Waals surface area contributed by atoms with Gasteiger partial charge in [-0.25, -0.2) is 0 Å². The predicted molar refractivity (Wildman–Crippen MR) is 89.4 cm³/mol. The highest BCUT2D eigenvalue weighted by Gasteiger charge is 2.36. The summed E-state index contributed by atoms with van der Waals surface area (Å²) in [5, 5.41) is 12.4. The van der Waals surface area contributed by atoms with E-state index >= 15 is 0 Å². The van der Waals surface area contributed by atoms with E-state index in [0.717, 1.165) is 0 Å². The molecule has 0 bridgehead atoms. The second-order valence-corrected chi connectivity index (χ2v) is 6.50. The molecule has 0 aliphatic carbocycles. The molecule has 1 aromatic carbocycles. The van der Waals surface area contributed by atoms with Crippen LogP contribution in [0.4, 0.5) is 0 Å². The summed E-state index contributed by atoms with van der Waals surface area (Å²) in [6.07, 6.45) is 1.22. The van der Waals surface area contributed by atoms with E-state index in [0.29, 0.717) is 31.5 Å². The van der Waals surface area contributed by atoms with Crippen molar-refractivity contribution in [1.82, 2.24) is 10.2 Å². The summed E-state index contributed by atoms with van der Waals surface area (Å²) < 4.78 is 0. The molecule has 0 radical (unpaired) electrons. The summed E-state index contributed by atoms with van der Waals surface area (Å²) in [5.41, 5.74) is -0.513. The second-order valence-electron chi connectivity index (χ2n) is 6.50.